The zero-order valence-corrected chi connectivity index (χ0v) is 13.7. The molecule has 0 bridgehead atoms. The molecule has 1 aliphatic rings. The lowest BCUT2D eigenvalue weighted by Crippen LogP contribution is -2.37. The number of carbonyl (C=O) groups excluding carboxylic acids is 1. The van der Waals surface area contributed by atoms with Gasteiger partial charge in [-0.25, -0.2) is 14.4 Å². The fraction of sp³-hybridized carbons (Fsp3) is 0.389. The van der Waals surface area contributed by atoms with Gasteiger partial charge in [-0.1, -0.05) is 18.2 Å². The van der Waals surface area contributed by atoms with E-state index in [2.05, 4.69) is 14.9 Å². The van der Waals surface area contributed by atoms with E-state index in [0.717, 1.165) is 12.2 Å². The third kappa shape index (κ3) is 3.94. The van der Waals surface area contributed by atoms with Crippen LogP contribution in [0.1, 0.15) is 17.8 Å². The van der Waals surface area contributed by atoms with Crippen LogP contribution in [0.15, 0.2) is 42.7 Å². The van der Waals surface area contributed by atoms with Gasteiger partial charge in [-0.3, -0.25) is 9.69 Å². The second kappa shape index (κ2) is 7.49. The minimum atomic E-state index is -0.319. The number of likely N-dealkylation sites (tertiary alicyclic amines) is 1. The molecule has 3 rings (SSSR count). The molecule has 1 fully saturated rings. The van der Waals surface area contributed by atoms with Crippen molar-refractivity contribution in [3.05, 3.63) is 59.9 Å². The number of benzene rings is 1. The van der Waals surface area contributed by atoms with E-state index in [4.69, 9.17) is 0 Å². The molecule has 2 heterocycles. The first kappa shape index (κ1) is 16.5. The van der Waals surface area contributed by atoms with Gasteiger partial charge in [0.1, 0.15) is 11.6 Å². The van der Waals surface area contributed by atoms with E-state index in [1.54, 1.807) is 36.7 Å². The Hall–Kier alpha value is -2.34. The number of amides is 1. The average molecular weight is 328 g/mol. The van der Waals surface area contributed by atoms with Gasteiger partial charge < -0.3 is 4.90 Å². The van der Waals surface area contributed by atoms with Crippen molar-refractivity contribution >= 4 is 5.91 Å². The van der Waals surface area contributed by atoms with Crippen LogP contribution >= 0.6 is 0 Å². The van der Waals surface area contributed by atoms with Crippen LogP contribution in [-0.2, 0) is 17.8 Å². The Bertz CT molecular complexity index is 694. The fourth-order valence-corrected chi connectivity index (χ4v) is 3.01. The van der Waals surface area contributed by atoms with Gasteiger partial charge in [-0.15, -0.1) is 0 Å². The van der Waals surface area contributed by atoms with Gasteiger partial charge in [0.05, 0.1) is 13.0 Å². The Morgan fingerprint density at radius 2 is 2.04 bits per heavy atom. The number of carbonyl (C=O) groups is 1. The molecule has 0 aliphatic carbocycles. The Labute approximate surface area is 141 Å². The number of rotatable bonds is 5. The normalized spacial score (nSPS) is 17.5. The minimum Gasteiger partial charge on any atom is -0.341 e. The largest absolute Gasteiger partial charge is 0.341 e. The number of likely N-dealkylation sites (N-methyl/N-ethyl adjacent to an activating group) is 1. The summed E-state index contributed by atoms with van der Waals surface area (Å²) in [6.45, 7) is 2.02. The van der Waals surface area contributed by atoms with E-state index >= 15 is 0 Å². The van der Waals surface area contributed by atoms with Crippen LogP contribution in [0.25, 0.3) is 0 Å². The van der Waals surface area contributed by atoms with Gasteiger partial charge in [0.15, 0.2) is 0 Å². The molecule has 24 heavy (non-hydrogen) atoms. The first-order valence-corrected chi connectivity index (χ1v) is 8.11. The summed E-state index contributed by atoms with van der Waals surface area (Å²) in [4.78, 5) is 24.9. The highest BCUT2D eigenvalue weighted by molar-refractivity contribution is 5.79. The molecule has 1 unspecified atom stereocenters. The first-order valence-electron chi connectivity index (χ1n) is 8.11. The highest BCUT2D eigenvalue weighted by Crippen LogP contribution is 2.18. The van der Waals surface area contributed by atoms with Crippen molar-refractivity contribution in [3.8, 4) is 0 Å². The minimum absolute atomic E-state index is 0.0213. The van der Waals surface area contributed by atoms with Crippen LogP contribution in [0.2, 0.25) is 0 Å². The molecule has 1 aliphatic heterocycles. The van der Waals surface area contributed by atoms with Crippen molar-refractivity contribution in [3.63, 3.8) is 0 Å². The van der Waals surface area contributed by atoms with Crippen LogP contribution < -0.4 is 0 Å². The molecule has 0 N–H and O–H groups in total. The number of hydrogen-bond donors (Lipinski definition) is 0. The third-order valence-electron chi connectivity index (χ3n) is 4.45. The molecule has 1 saturated heterocycles. The second-order valence-electron chi connectivity index (χ2n) is 6.13. The van der Waals surface area contributed by atoms with Crippen molar-refractivity contribution in [1.29, 1.82) is 0 Å². The predicted octanol–water partition coefficient (Wildman–Crippen LogP) is 1.89. The van der Waals surface area contributed by atoms with E-state index in [-0.39, 0.29) is 24.2 Å². The van der Waals surface area contributed by atoms with Gasteiger partial charge >= 0.3 is 0 Å². The predicted molar refractivity (Wildman–Crippen MR) is 88.6 cm³/mol. The maximum Gasteiger partial charge on any atom is 0.227 e. The molecule has 0 radical (unpaired) electrons. The molecule has 1 aromatic carbocycles. The maximum atomic E-state index is 13.7. The molecule has 126 valence electrons. The zero-order valence-electron chi connectivity index (χ0n) is 13.7. The van der Waals surface area contributed by atoms with Crippen LogP contribution in [0.4, 0.5) is 4.39 Å². The molecular weight excluding hydrogens is 307 g/mol. The van der Waals surface area contributed by atoms with Crippen LogP contribution in [-0.4, -0.2) is 51.9 Å². The van der Waals surface area contributed by atoms with Crippen molar-refractivity contribution in [2.75, 3.05) is 20.1 Å². The molecule has 6 heteroatoms. The van der Waals surface area contributed by atoms with Crippen molar-refractivity contribution in [1.82, 2.24) is 19.8 Å². The van der Waals surface area contributed by atoms with Crippen LogP contribution in [0, 0.1) is 5.82 Å². The molecule has 0 spiro atoms. The van der Waals surface area contributed by atoms with E-state index in [9.17, 15) is 9.18 Å². The lowest BCUT2D eigenvalue weighted by atomic mass is 10.1. The summed E-state index contributed by atoms with van der Waals surface area (Å²) in [6.07, 6.45) is 4.49. The average Bonchev–Trinajstić information content (AvgIpc) is 3.08. The number of aromatic nitrogens is 2. The Morgan fingerprint density at radius 3 is 2.79 bits per heavy atom. The van der Waals surface area contributed by atoms with E-state index in [1.165, 1.54) is 6.07 Å². The van der Waals surface area contributed by atoms with Gasteiger partial charge in [0.2, 0.25) is 5.91 Å². The Kier molecular flexibility index (Phi) is 5.15. The SMILES string of the molecule is CN(Cc1ncccn1)C1CCN(C(=O)Cc2ccccc2F)C1. The van der Waals surface area contributed by atoms with E-state index in [1.807, 2.05) is 11.9 Å². The lowest BCUT2D eigenvalue weighted by Gasteiger charge is -2.24. The van der Waals surface area contributed by atoms with Crippen molar-refractivity contribution < 1.29 is 9.18 Å². The molecule has 5 nitrogen and oxygen atoms in total. The Balaban J connectivity index is 1.55. The maximum absolute atomic E-state index is 13.7. The summed E-state index contributed by atoms with van der Waals surface area (Å²) < 4.78 is 13.7. The standard InChI is InChI=1S/C18H21FN4O/c1-22(13-17-20-8-4-9-21-17)15-7-10-23(12-15)18(24)11-14-5-2-3-6-16(14)19/h2-6,8-9,15H,7,10-13H2,1H3. The summed E-state index contributed by atoms with van der Waals surface area (Å²) in [5.74, 6) is 0.433. The van der Waals surface area contributed by atoms with Gasteiger partial charge in [0, 0.05) is 31.5 Å². The summed E-state index contributed by atoms with van der Waals surface area (Å²) in [7, 11) is 2.02. The molecule has 1 aromatic heterocycles. The summed E-state index contributed by atoms with van der Waals surface area (Å²) in [6, 6.07) is 8.52. The van der Waals surface area contributed by atoms with Gasteiger partial charge in [-0.05, 0) is 31.2 Å². The molecule has 0 saturated carbocycles. The van der Waals surface area contributed by atoms with E-state index < -0.39 is 0 Å². The molecule has 2 aromatic rings. The zero-order chi connectivity index (χ0) is 16.9. The fourth-order valence-electron chi connectivity index (χ4n) is 3.01. The highest BCUT2D eigenvalue weighted by Gasteiger charge is 2.29. The molecular formula is C18H21FN4O. The molecule has 1 atom stereocenters. The monoisotopic (exact) mass is 328 g/mol. The lowest BCUT2D eigenvalue weighted by molar-refractivity contribution is -0.129. The van der Waals surface area contributed by atoms with Gasteiger partial charge in [0.25, 0.3) is 0 Å². The number of hydrogen-bond acceptors (Lipinski definition) is 4. The van der Waals surface area contributed by atoms with Gasteiger partial charge in [-0.2, -0.15) is 0 Å². The third-order valence-corrected chi connectivity index (χ3v) is 4.45. The quantitative estimate of drug-likeness (QED) is 0.841. The number of halogens is 1. The van der Waals surface area contributed by atoms with Crippen LogP contribution in [0.5, 0.6) is 0 Å². The topological polar surface area (TPSA) is 49.3 Å². The Morgan fingerprint density at radius 1 is 1.29 bits per heavy atom. The summed E-state index contributed by atoms with van der Waals surface area (Å²) >= 11 is 0. The number of nitrogens with zero attached hydrogens (tertiary/aromatic N) is 4. The highest BCUT2D eigenvalue weighted by atomic mass is 19.1. The van der Waals surface area contributed by atoms with Crippen molar-refractivity contribution in [2.24, 2.45) is 0 Å². The van der Waals surface area contributed by atoms with E-state index in [0.29, 0.717) is 25.2 Å². The summed E-state index contributed by atoms with van der Waals surface area (Å²) in [5.41, 5.74) is 0.456. The smallest absolute Gasteiger partial charge is 0.227 e. The first-order chi connectivity index (χ1) is 11.6. The van der Waals surface area contributed by atoms with Crippen LogP contribution in [0.3, 0.4) is 0 Å². The molecule has 1 amide bonds. The summed E-state index contributed by atoms with van der Waals surface area (Å²) in [5, 5.41) is 0. The second-order valence-corrected chi connectivity index (χ2v) is 6.13. The van der Waals surface area contributed by atoms with Crippen molar-refractivity contribution in [2.45, 2.75) is 25.4 Å².